The Morgan fingerprint density at radius 3 is 2.06 bits per heavy atom. The average molecular weight is 244 g/mol. The number of aliphatic hydroxyl groups excluding tert-OH is 1. The molecule has 0 unspecified atom stereocenters. The van der Waals surface area contributed by atoms with E-state index in [1.807, 2.05) is 0 Å². The van der Waals surface area contributed by atoms with Crippen LogP contribution in [0.25, 0.3) is 0 Å². The van der Waals surface area contributed by atoms with Crippen LogP contribution < -0.4 is 0 Å². The Morgan fingerprint density at radius 2 is 1.61 bits per heavy atom. The average Bonchev–Trinajstić information content (AvgIpc) is 2.42. The molecule has 1 rings (SSSR count). The Kier molecular flexibility index (Phi) is 6.54. The van der Waals surface area contributed by atoms with Gasteiger partial charge in [-0.25, -0.2) is 0 Å². The van der Waals surface area contributed by atoms with Gasteiger partial charge in [-0.2, -0.15) is 0 Å². The van der Waals surface area contributed by atoms with E-state index in [1.54, 1.807) is 0 Å². The van der Waals surface area contributed by atoms with Gasteiger partial charge in [0.15, 0.2) is 0 Å². The Hall–Kier alpha value is -1.26. The molecule has 0 saturated heterocycles. The smallest absolute Gasteiger partial charge is 0.0440 e. The van der Waals surface area contributed by atoms with Crippen LogP contribution in [0.15, 0.2) is 12.1 Å². The van der Waals surface area contributed by atoms with Crippen LogP contribution in [0.5, 0.6) is 0 Å². The summed E-state index contributed by atoms with van der Waals surface area (Å²) in [6, 6.07) is 4.57. The minimum atomic E-state index is 0.227. The van der Waals surface area contributed by atoms with E-state index in [1.165, 1.54) is 22.3 Å². The number of benzene rings is 1. The summed E-state index contributed by atoms with van der Waals surface area (Å²) < 4.78 is 0. The van der Waals surface area contributed by atoms with E-state index in [4.69, 9.17) is 5.11 Å². The van der Waals surface area contributed by atoms with Gasteiger partial charge in [-0.1, -0.05) is 44.7 Å². The zero-order valence-electron chi connectivity index (χ0n) is 11.8. The predicted molar refractivity (Wildman–Crippen MR) is 77.8 cm³/mol. The molecule has 0 aliphatic carbocycles. The zero-order valence-corrected chi connectivity index (χ0v) is 11.8. The number of unbranched alkanes of at least 4 members (excludes halogenated alkanes) is 1. The molecule has 0 spiro atoms. The molecule has 0 amide bonds. The maximum atomic E-state index is 8.77. The van der Waals surface area contributed by atoms with E-state index in [9.17, 15) is 0 Å². The maximum absolute atomic E-state index is 8.77. The molecule has 1 aromatic carbocycles. The Labute approximate surface area is 111 Å². The summed E-state index contributed by atoms with van der Waals surface area (Å²) in [5.74, 6) is 6.49. The molecule has 0 fully saturated rings. The van der Waals surface area contributed by atoms with Crippen molar-refractivity contribution in [1.82, 2.24) is 0 Å². The second kappa shape index (κ2) is 7.95. The molecule has 0 aliphatic heterocycles. The van der Waals surface area contributed by atoms with Gasteiger partial charge < -0.3 is 5.11 Å². The number of aliphatic hydroxyl groups is 1. The first-order chi connectivity index (χ1) is 8.76. The molecule has 1 heteroatoms. The molecule has 0 aromatic heterocycles. The highest BCUT2D eigenvalue weighted by molar-refractivity contribution is 5.49. The lowest BCUT2D eigenvalue weighted by atomic mass is 9.94. The molecule has 1 N–H and O–H groups in total. The van der Waals surface area contributed by atoms with Crippen LogP contribution in [0.3, 0.4) is 0 Å². The van der Waals surface area contributed by atoms with Crippen molar-refractivity contribution in [1.29, 1.82) is 0 Å². The lowest BCUT2D eigenvalue weighted by Gasteiger charge is -2.10. The van der Waals surface area contributed by atoms with Gasteiger partial charge in [0.1, 0.15) is 0 Å². The van der Waals surface area contributed by atoms with Crippen molar-refractivity contribution < 1.29 is 5.11 Å². The fourth-order valence-corrected chi connectivity index (χ4v) is 2.08. The molecule has 0 bridgehead atoms. The molecule has 0 saturated carbocycles. The topological polar surface area (TPSA) is 20.2 Å². The van der Waals surface area contributed by atoms with Crippen molar-refractivity contribution >= 4 is 0 Å². The van der Waals surface area contributed by atoms with Gasteiger partial charge >= 0.3 is 0 Å². The maximum Gasteiger partial charge on any atom is 0.0440 e. The minimum Gasteiger partial charge on any atom is -0.396 e. The quantitative estimate of drug-likeness (QED) is 0.621. The van der Waals surface area contributed by atoms with E-state index in [0.29, 0.717) is 0 Å². The van der Waals surface area contributed by atoms with Crippen molar-refractivity contribution in [2.45, 2.75) is 52.9 Å². The normalized spacial score (nSPS) is 10.0. The molecular weight excluding hydrogens is 220 g/mol. The van der Waals surface area contributed by atoms with Gasteiger partial charge in [0.25, 0.3) is 0 Å². The second-order valence-electron chi connectivity index (χ2n) is 4.48. The SMILES string of the molecule is CCc1cc(CC)c(C#CCCCO)c(CC)c1. The lowest BCUT2D eigenvalue weighted by molar-refractivity contribution is 0.290. The number of hydrogen-bond acceptors (Lipinski definition) is 1. The predicted octanol–water partition coefficient (Wildman–Crippen LogP) is 3.50. The van der Waals surface area contributed by atoms with Gasteiger partial charge in [0.2, 0.25) is 0 Å². The number of rotatable bonds is 5. The first-order valence-electron chi connectivity index (χ1n) is 7.01. The molecule has 98 valence electrons. The summed E-state index contributed by atoms with van der Waals surface area (Å²) in [6.45, 7) is 6.80. The monoisotopic (exact) mass is 244 g/mol. The highest BCUT2D eigenvalue weighted by atomic mass is 16.2. The van der Waals surface area contributed by atoms with Crippen molar-refractivity contribution in [2.24, 2.45) is 0 Å². The highest BCUT2D eigenvalue weighted by Crippen LogP contribution is 2.19. The second-order valence-corrected chi connectivity index (χ2v) is 4.48. The fraction of sp³-hybridized carbons (Fsp3) is 0.529. The molecule has 0 heterocycles. The van der Waals surface area contributed by atoms with E-state index in [0.717, 1.165) is 32.1 Å². The van der Waals surface area contributed by atoms with Crippen LogP contribution in [-0.4, -0.2) is 11.7 Å². The molecule has 0 aliphatic rings. The van der Waals surface area contributed by atoms with E-state index < -0.39 is 0 Å². The summed E-state index contributed by atoms with van der Waals surface area (Å²) >= 11 is 0. The van der Waals surface area contributed by atoms with Crippen LogP contribution in [0.4, 0.5) is 0 Å². The van der Waals surface area contributed by atoms with Crippen LogP contribution in [0.1, 0.15) is 55.9 Å². The minimum absolute atomic E-state index is 0.227. The van der Waals surface area contributed by atoms with E-state index in [-0.39, 0.29) is 6.61 Å². The summed E-state index contributed by atoms with van der Waals surface area (Å²) in [6.07, 6.45) is 4.69. The van der Waals surface area contributed by atoms with Gasteiger partial charge in [-0.05, 0) is 42.4 Å². The van der Waals surface area contributed by atoms with Gasteiger partial charge in [-0.3, -0.25) is 0 Å². The largest absolute Gasteiger partial charge is 0.396 e. The summed E-state index contributed by atoms with van der Waals surface area (Å²) in [7, 11) is 0. The van der Waals surface area contributed by atoms with Crippen molar-refractivity contribution in [2.75, 3.05) is 6.61 Å². The van der Waals surface area contributed by atoms with Gasteiger partial charge in [0.05, 0.1) is 0 Å². The van der Waals surface area contributed by atoms with E-state index >= 15 is 0 Å². The molecular formula is C17H24O. The fourth-order valence-electron chi connectivity index (χ4n) is 2.08. The number of hydrogen-bond donors (Lipinski definition) is 1. The lowest BCUT2D eigenvalue weighted by Crippen LogP contribution is -1.98. The third kappa shape index (κ3) is 3.89. The summed E-state index contributed by atoms with van der Waals surface area (Å²) in [4.78, 5) is 0. The van der Waals surface area contributed by atoms with Crippen molar-refractivity contribution in [3.05, 3.63) is 34.4 Å². The van der Waals surface area contributed by atoms with Crippen LogP contribution in [0, 0.1) is 11.8 Å². The summed E-state index contributed by atoms with van der Waals surface area (Å²) in [5, 5.41) is 8.77. The number of aryl methyl sites for hydroxylation is 3. The Morgan fingerprint density at radius 1 is 1.00 bits per heavy atom. The Bertz CT molecular complexity index is 410. The van der Waals surface area contributed by atoms with Crippen LogP contribution in [-0.2, 0) is 19.3 Å². The first-order valence-corrected chi connectivity index (χ1v) is 7.01. The molecule has 0 radical (unpaired) electrons. The standard InChI is InChI=1S/C17H24O/c1-4-14-12-15(5-2)17(16(6-3)13-14)10-8-7-9-11-18/h12-13,18H,4-7,9,11H2,1-3H3. The third-order valence-corrected chi connectivity index (χ3v) is 3.20. The van der Waals surface area contributed by atoms with Crippen molar-refractivity contribution in [3.8, 4) is 11.8 Å². The van der Waals surface area contributed by atoms with Gasteiger partial charge in [-0.15, -0.1) is 0 Å². The molecule has 1 aromatic rings. The molecule has 0 atom stereocenters. The molecule has 1 nitrogen and oxygen atoms in total. The highest BCUT2D eigenvalue weighted by Gasteiger charge is 2.06. The van der Waals surface area contributed by atoms with Crippen LogP contribution in [0.2, 0.25) is 0 Å². The van der Waals surface area contributed by atoms with Gasteiger partial charge in [0, 0.05) is 18.6 Å². The molecule has 18 heavy (non-hydrogen) atoms. The van der Waals surface area contributed by atoms with E-state index in [2.05, 4.69) is 44.7 Å². The third-order valence-electron chi connectivity index (χ3n) is 3.20. The first kappa shape index (κ1) is 14.8. The zero-order chi connectivity index (χ0) is 13.4. The Balaban J connectivity index is 3.09. The van der Waals surface area contributed by atoms with Crippen LogP contribution >= 0.6 is 0 Å². The van der Waals surface area contributed by atoms with Crippen molar-refractivity contribution in [3.63, 3.8) is 0 Å². The summed E-state index contributed by atoms with van der Waals surface area (Å²) in [5.41, 5.74) is 5.35.